The van der Waals surface area contributed by atoms with Crippen molar-refractivity contribution in [2.75, 3.05) is 7.11 Å². The van der Waals surface area contributed by atoms with E-state index in [0.29, 0.717) is 12.1 Å². The van der Waals surface area contributed by atoms with Gasteiger partial charge in [-0.3, -0.25) is 0 Å². The van der Waals surface area contributed by atoms with E-state index in [2.05, 4.69) is 16.4 Å². The summed E-state index contributed by atoms with van der Waals surface area (Å²) in [7, 11) is 1.63. The summed E-state index contributed by atoms with van der Waals surface area (Å²) in [6.45, 7) is 0.377. The Bertz CT molecular complexity index is 891. The number of hydrogen-bond acceptors (Lipinski definition) is 4. The van der Waals surface area contributed by atoms with E-state index in [1.54, 1.807) is 11.8 Å². The van der Waals surface area contributed by atoms with Crippen LogP contribution in [0.3, 0.4) is 0 Å². The second kappa shape index (κ2) is 7.25. The first-order valence-corrected chi connectivity index (χ1v) is 7.49. The Kier molecular flexibility index (Phi) is 4.68. The Balaban J connectivity index is 1.80. The summed E-state index contributed by atoms with van der Waals surface area (Å²) in [5, 5.41) is 17.6. The minimum atomic E-state index is 0.377. The van der Waals surface area contributed by atoms with Crippen LogP contribution in [0.5, 0.6) is 5.75 Å². The first kappa shape index (κ1) is 15.5. The molecule has 5 nitrogen and oxygen atoms in total. The van der Waals surface area contributed by atoms with Crippen molar-refractivity contribution in [2.24, 2.45) is 0 Å². The van der Waals surface area contributed by atoms with Crippen molar-refractivity contribution < 1.29 is 4.74 Å². The number of nitriles is 1. The molecule has 0 aliphatic carbocycles. The molecule has 0 saturated heterocycles. The lowest BCUT2D eigenvalue weighted by Crippen LogP contribution is -2.00. The molecule has 0 amide bonds. The van der Waals surface area contributed by atoms with Gasteiger partial charge < -0.3 is 4.74 Å². The van der Waals surface area contributed by atoms with E-state index in [1.807, 2.05) is 66.9 Å². The maximum absolute atomic E-state index is 9.34. The number of methoxy groups -OCH3 is 1. The summed E-state index contributed by atoms with van der Waals surface area (Å²) in [5.41, 5.74) is 3.27. The molecule has 0 aliphatic heterocycles. The molecule has 0 N–H and O–H groups in total. The summed E-state index contributed by atoms with van der Waals surface area (Å²) in [4.78, 5) is 0. The summed E-state index contributed by atoms with van der Waals surface area (Å²) in [6, 6.07) is 19.6. The van der Waals surface area contributed by atoms with Crippen LogP contribution < -0.4 is 4.74 Å². The molecule has 0 saturated carbocycles. The topological polar surface area (TPSA) is 63.7 Å². The van der Waals surface area contributed by atoms with E-state index in [1.165, 1.54) is 0 Å². The normalized spacial score (nSPS) is 11.1. The fourth-order valence-electron chi connectivity index (χ4n) is 2.33. The predicted octanol–water partition coefficient (Wildman–Crippen LogP) is 3.56. The molecule has 1 heterocycles. The van der Waals surface area contributed by atoms with Crippen molar-refractivity contribution in [2.45, 2.75) is 6.54 Å². The molecule has 5 heteroatoms. The largest absolute Gasteiger partial charge is 0.497 e. The van der Waals surface area contributed by atoms with Gasteiger partial charge in [-0.2, -0.15) is 5.26 Å². The van der Waals surface area contributed by atoms with E-state index < -0.39 is 0 Å². The Hall–Kier alpha value is -3.39. The molecular formula is C19H16N4O. The fraction of sp³-hybridized carbons (Fsp3) is 0.105. The highest BCUT2D eigenvalue weighted by Crippen LogP contribution is 2.21. The van der Waals surface area contributed by atoms with E-state index in [-0.39, 0.29) is 0 Å². The van der Waals surface area contributed by atoms with E-state index >= 15 is 0 Å². The van der Waals surface area contributed by atoms with Gasteiger partial charge in [-0.1, -0.05) is 47.7 Å². The highest BCUT2D eigenvalue weighted by molar-refractivity contribution is 5.60. The Morgan fingerprint density at radius 3 is 2.79 bits per heavy atom. The van der Waals surface area contributed by atoms with Gasteiger partial charge in [0.2, 0.25) is 0 Å². The van der Waals surface area contributed by atoms with Crippen molar-refractivity contribution in [3.05, 3.63) is 71.9 Å². The van der Waals surface area contributed by atoms with Gasteiger partial charge in [-0.05, 0) is 23.8 Å². The molecule has 24 heavy (non-hydrogen) atoms. The molecule has 3 rings (SSSR count). The Morgan fingerprint density at radius 2 is 2.04 bits per heavy atom. The van der Waals surface area contributed by atoms with Gasteiger partial charge in [0.25, 0.3) is 0 Å². The quantitative estimate of drug-likeness (QED) is 0.675. The average molecular weight is 316 g/mol. The van der Waals surface area contributed by atoms with Crippen LogP contribution in [-0.4, -0.2) is 22.1 Å². The third-order valence-electron chi connectivity index (χ3n) is 3.52. The molecule has 3 aromatic rings. The fourth-order valence-corrected chi connectivity index (χ4v) is 2.33. The van der Waals surface area contributed by atoms with Gasteiger partial charge in [-0.15, -0.1) is 5.10 Å². The van der Waals surface area contributed by atoms with Crippen LogP contribution >= 0.6 is 0 Å². The third-order valence-corrected chi connectivity index (χ3v) is 3.52. The maximum Gasteiger partial charge on any atom is 0.119 e. The molecule has 0 unspecified atom stereocenters. The molecule has 0 fully saturated rings. The number of hydrogen-bond donors (Lipinski definition) is 0. The van der Waals surface area contributed by atoms with Gasteiger partial charge in [0, 0.05) is 5.56 Å². The number of allylic oxidation sites excluding steroid dienone is 1. The summed E-state index contributed by atoms with van der Waals surface area (Å²) >= 11 is 0. The standard InChI is InChI=1S/C19H16N4O/c1-24-18-9-5-8-17(11-18)19-14-23(22-21-19)13-16(12-20)10-15-6-3-2-4-7-15/h2-11,14H,13H2,1H3/b16-10+. The van der Waals surface area contributed by atoms with E-state index in [0.717, 1.165) is 22.6 Å². The number of nitrogens with zero attached hydrogens (tertiary/aromatic N) is 4. The van der Waals surface area contributed by atoms with Gasteiger partial charge in [0.05, 0.1) is 31.5 Å². The smallest absolute Gasteiger partial charge is 0.119 e. The minimum absolute atomic E-state index is 0.377. The second-order valence-electron chi connectivity index (χ2n) is 5.23. The van der Waals surface area contributed by atoms with Gasteiger partial charge in [0.15, 0.2) is 0 Å². The maximum atomic E-state index is 9.34. The van der Waals surface area contributed by atoms with E-state index in [4.69, 9.17) is 4.74 Å². The third kappa shape index (κ3) is 3.68. The Labute approximate surface area is 140 Å². The van der Waals surface area contributed by atoms with Crippen LogP contribution in [0.25, 0.3) is 17.3 Å². The van der Waals surface area contributed by atoms with Gasteiger partial charge >= 0.3 is 0 Å². The number of rotatable bonds is 5. The molecule has 0 bridgehead atoms. The lowest BCUT2D eigenvalue weighted by molar-refractivity contribution is 0.415. The van der Waals surface area contributed by atoms with Crippen LogP contribution in [0.1, 0.15) is 5.56 Å². The van der Waals surface area contributed by atoms with Crippen molar-refractivity contribution in [1.82, 2.24) is 15.0 Å². The predicted molar refractivity (Wildman–Crippen MR) is 92.0 cm³/mol. The molecular weight excluding hydrogens is 300 g/mol. The molecule has 0 atom stereocenters. The lowest BCUT2D eigenvalue weighted by atomic mass is 10.1. The van der Waals surface area contributed by atoms with Crippen LogP contribution in [0, 0.1) is 11.3 Å². The zero-order valence-corrected chi connectivity index (χ0v) is 13.3. The zero-order valence-electron chi connectivity index (χ0n) is 13.3. The summed E-state index contributed by atoms with van der Waals surface area (Å²) in [5.74, 6) is 0.767. The number of aromatic nitrogens is 3. The molecule has 0 radical (unpaired) electrons. The SMILES string of the molecule is COc1cccc(-c2cn(C/C(C#N)=C/c3ccccc3)nn2)c1. The second-order valence-corrected chi connectivity index (χ2v) is 5.23. The van der Waals surface area contributed by atoms with E-state index in [9.17, 15) is 5.26 Å². The minimum Gasteiger partial charge on any atom is -0.497 e. The number of benzene rings is 2. The summed E-state index contributed by atoms with van der Waals surface area (Å²) < 4.78 is 6.88. The van der Waals surface area contributed by atoms with Gasteiger partial charge in [0.1, 0.15) is 11.4 Å². The first-order chi connectivity index (χ1) is 11.8. The molecule has 0 aliphatic rings. The Morgan fingerprint density at radius 1 is 1.21 bits per heavy atom. The average Bonchev–Trinajstić information content (AvgIpc) is 3.10. The van der Waals surface area contributed by atoms with Gasteiger partial charge in [-0.25, -0.2) is 4.68 Å². The first-order valence-electron chi connectivity index (χ1n) is 7.49. The molecule has 0 spiro atoms. The zero-order chi connectivity index (χ0) is 16.8. The number of ether oxygens (including phenoxy) is 1. The van der Waals surface area contributed by atoms with Crippen LogP contribution in [0.4, 0.5) is 0 Å². The van der Waals surface area contributed by atoms with Crippen molar-refractivity contribution >= 4 is 6.08 Å². The highest BCUT2D eigenvalue weighted by Gasteiger charge is 2.06. The highest BCUT2D eigenvalue weighted by atomic mass is 16.5. The molecule has 118 valence electrons. The molecule has 2 aromatic carbocycles. The summed E-state index contributed by atoms with van der Waals surface area (Å²) in [6.07, 6.45) is 3.68. The van der Waals surface area contributed by atoms with Crippen LogP contribution in [0.15, 0.2) is 66.4 Å². The van der Waals surface area contributed by atoms with Crippen LogP contribution in [-0.2, 0) is 6.54 Å². The van der Waals surface area contributed by atoms with Crippen molar-refractivity contribution in [3.63, 3.8) is 0 Å². The van der Waals surface area contributed by atoms with Crippen LogP contribution in [0.2, 0.25) is 0 Å². The monoisotopic (exact) mass is 316 g/mol. The molecule has 1 aromatic heterocycles. The van der Waals surface area contributed by atoms with Crippen molar-refractivity contribution in [1.29, 1.82) is 5.26 Å². The lowest BCUT2D eigenvalue weighted by Gasteiger charge is -2.01. The van der Waals surface area contributed by atoms with Crippen molar-refractivity contribution in [3.8, 4) is 23.1 Å².